The van der Waals surface area contributed by atoms with Crippen molar-refractivity contribution in [2.45, 2.75) is 19.4 Å². The number of carbonyl (C=O) groups is 2. The third-order valence-corrected chi connectivity index (χ3v) is 4.71. The molecule has 1 N–H and O–H groups in total. The number of hydrogen-bond donors (Lipinski definition) is 1. The third kappa shape index (κ3) is 5.20. The van der Waals surface area contributed by atoms with E-state index in [9.17, 15) is 19.7 Å². The second-order valence-corrected chi connectivity index (χ2v) is 6.79. The van der Waals surface area contributed by atoms with Crippen LogP contribution in [-0.2, 0) is 20.7 Å². The van der Waals surface area contributed by atoms with Gasteiger partial charge in [-0.2, -0.15) is 0 Å². The molecular formula is C19H16N4O5S. The molecule has 0 radical (unpaired) electrons. The summed E-state index contributed by atoms with van der Waals surface area (Å²) in [6, 6.07) is 11.2. The first kappa shape index (κ1) is 20.1. The second-order valence-electron chi connectivity index (χ2n) is 5.93. The number of hydrogen-bond acceptors (Lipinski definition) is 8. The number of para-hydroxylation sites is 2. The zero-order valence-electron chi connectivity index (χ0n) is 15.3. The van der Waals surface area contributed by atoms with E-state index in [1.807, 2.05) is 12.1 Å². The Bertz CT molecular complexity index is 1040. The van der Waals surface area contributed by atoms with E-state index < -0.39 is 22.9 Å². The second kappa shape index (κ2) is 9.02. The van der Waals surface area contributed by atoms with Gasteiger partial charge in [-0.15, -0.1) is 11.3 Å². The number of ether oxygens (including phenoxy) is 1. The highest BCUT2D eigenvalue weighted by molar-refractivity contribution is 7.13. The van der Waals surface area contributed by atoms with E-state index in [0.717, 1.165) is 0 Å². The summed E-state index contributed by atoms with van der Waals surface area (Å²) in [5.41, 5.74) is 0.995. The molecule has 0 saturated carbocycles. The minimum Gasteiger partial charge on any atom is -0.452 e. The van der Waals surface area contributed by atoms with Gasteiger partial charge in [-0.3, -0.25) is 24.7 Å². The van der Waals surface area contributed by atoms with Crippen molar-refractivity contribution >= 4 is 34.6 Å². The molecule has 1 aromatic carbocycles. The van der Waals surface area contributed by atoms with Gasteiger partial charge in [0.1, 0.15) is 10.7 Å². The van der Waals surface area contributed by atoms with Crippen molar-refractivity contribution in [2.24, 2.45) is 0 Å². The molecule has 3 aromatic rings. The molecule has 9 nitrogen and oxygen atoms in total. The highest BCUT2D eigenvalue weighted by Crippen LogP contribution is 2.24. The van der Waals surface area contributed by atoms with Gasteiger partial charge in [0.05, 0.1) is 22.7 Å². The minimum atomic E-state index is -1.13. The van der Waals surface area contributed by atoms with E-state index >= 15 is 0 Å². The zero-order valence-corrected chi connectivity index (χ0v) is 16.1. The van der Waals surface area contributed by atoms with Crippen molar-refractivity contribution in [3.63, 3.8) is 0 Å². The Hall–Kier alpha value is -3.66. The molecule has 0 fully saturated rings. The third-order valence-electron chi connectivity index (χ3n) is 3.80. The van der Waals surface area contributed by atoms with Crippen molar-refractivity contribution < 1.29 is 19.2 Å². The molecule has 0 saturated heterocycles. The Kier molecular flexibility index (Phi) is 6.25. The van der Waals surface area contributed by atoms with Crippen molar-refractivity contribution in [3.8, 4) is 10.7 Å². The van der Waals surface area contributed by atoms with Gasteiger partial charge < -0.3 is 10.1 Å². The number of aromatic nitrogens is 2. The van der Waals surface area contributed by atoms with Crippen LogP contribution in [0.3, 0.4) is 0 Å². The molecule has 1 atom stereocenters. The molecule has 0 bridgehead atoms. The van der Waals surface area contributed by atoms with Crippen LogP contribution in [0.5, 0.6) is 0 Å². The van der Waals surface area contributed by atoms with Crippen LogP contribution in [0.15, 0.2) is 54.0 Å². The lowest BCUT2D eigenvalue weighted by Crippen LogP contribution is -2.30. The predicted molar refractivity (Wildman–Crippen MR) is 106 cm³/mol. The number of pyridine rings is 1. The number of anilines is 1. The van der Waals surface area contributed by atoms with Crippen LogP contribution < -0.4 is 5.32 Å². The molecule has 0 unspecified atom stereocenters. The summed E-state index contributed by atoms with van der Waals surface area (Å²) in [4.78, 5) is 43.3. The fourth-order valence-corrected chi connectivity index (χ4v) is 3.20. The number of carbonyl (C=O) groups excluding carboxylic acids is 2. The lowest BCUT2D eigenvalue weighted by Gasteiger charge is -2.13. The van der Waals surface area contributed by atoms with E-state index in [-0.39, 0.29) is 17.8 Å². The molecule has 0 aliphatic rings. The summed E-state index contributed by atoms with van der Waals surface area (Å²) in [7, 11) is 0. The first-order valence-electron chi connectivity index (χ1n) is 8.53. The topological polar surface area (TPSA) is 124 Å². The van der Waals surface area contributed by atoms with E-state index in [1.54, 1.807) is 23.7 Å². The standard InChI is InChI=1S/C19H16N4O5S/c1-12(18(25)22-14-6-2-3-8-16(14)23(26)27)28-17(24)10-13-11-29-19(21-13)15-7-4-5-9-20-15/h2-9,11-12H,10H2,1H3,(H,22,25)/t12-/m1/s1. The summed E-state index contributed by atoms with van der Waals surface area (Å²) in [6.45, 7) is 1.39. The normalized spacial score (nSPS) is 11.5. The van der Waals surface area contributed by atoms with E-state index in [4.69, 9.17) is 4.74 Å². The van der Waals surface area contributed by atoms with E-state index in [0.29, 0.717) is 16.4 Å². The van der Waals surface area contributed by atoms with Gasteiger partial charge in [0.2, 0.25) is 0 Å². The fourth-order valence-electron chi connectivity index (χ4n) is 2.41. The molecule has 2 heterocycles. The number of nitro benzene ring substituents is 1. The number of rotatable bonds is 7. The first-order chi connectivity index (χ1) is 13.9. The number of thiazole rings is 1. The Balaban J connectivity index is 1.57. The zero-order chi connectivity index (χ0) is 20.8. The van der Waals surface area contributed by atoms with Crippen LogP contribution in [-0.4, -0.2) is 32.9 Å². The van der Waals surface area contributed by atoms with Crippen LogP contribution in [0, 0.1) is 10.1 Å². The van der Waals surface area contributed by atoms with Crippen molar-refractivity contribution in [1.82, 2.24) is 9.97 Å². The number of nitrogens with zero attached hydrogens (tertiary/aromatic N) is 3. The SMILES string of the molecule is C[C@@H](OC(=O)Cc1csc(-c2ccccn2)n1)C(=O)Nc1ccccc1[N+](=O)[O-]. The van der Waals surface area contributed by atoms with Crippen LogP contribution in [0.2, 0.25) is 0 Å². The number of amides is 1. The monoisotopic (exact) mass is 412 g/mol. The smallest absolute Gasteiger partial charge is 0.312 e. The van der Waals surface area contributed by atoms with Gasteiger partial charge in [-0.1, -0.05) is 18.2 Å². The van der Waals surface area contributed by atoms with Crippen molar-refractivity contribution in [1.29, 1.82) is 0 Å². The van der Waals surface area contributed by atoms with Crippen molar-refractivity contribution in [2.75, 3.05) is 5.32 Å². The van der Waals surface area contributed by atoms with Gasteiger partial charge >= 0.3 is 5.97 Å². The molecule has 0 aliphatic carbocycles. The lowest BCUT2D eigenvalue weighted by atomic mass is 10.2. The van der Waals surface area contributed by atoms with Gasteiger partial charge in [-0.05, 0) is 25.1 Å². The summed E-state index contributed by atoms with van der Waals surface area (Å²) >= 11 is 1.35. The Morgan fingerprint density at radius 2 is 2.00 bits per heavy atom. The van der Waals surface area contributed by atoms with Gasteiger partial charge in [0.25, 0.3) is 11.6 Å². The molecule has 10 heteroatoms. The molecule has 29 heavy (non-hydrogen) atoms. The molecule has 0 spiro atoms. The average Bonchev–Trinajstić information content (AvgIpc) is 3.17. The predicted octanol–water partition coefficient (Wildman–Crippen LogP) is 3.23. The summed E-state index contributed by atoms with van der Waals surface area (Å²) in [5.74, 6) is -1.30. The van der Waals surface area contributed by atoms with Crippen LogP contribution >= 0.6 is 11.3 Å². The highest BCUT2D eigenvalue weighted by Gasteiger charge is 2.22. The first-order valence-corrected chi connectivity index (χ1v) is 9.41. The Morgan fingerprint density at radius 1 is 1.24 bits per heavy atom. The van der Waals surface area contributed by atoms with Crippen LogP contribution in [0.4, 0.5) is 11.4 Å². The Morgan fingerprint density at radius 3 is 2.72 bits per heavy atom. The largest absolute Gasteiger partial charge is 0.452 e. The van der Waals surface area contributed by atoms with Crippen LogP contribution in [0.25, 0.3) is 10.7 Å². The Labute approximate surface area is 169 Å². The van der Waals surface area contributed by atoms with Gasteiger partial charge in [0.15, 0.2) is 6.10 Å². The maximum atomic E-state index is 12.2. The lowest BCUT2D eigenvalue weighted by molar-refractivity contribution is -0.383. The number of nitro groups is 1. The summed E-state index contributed by atoms with van der Waals surface area (Å²) in [6.07, 6.45) is 0.422. The number of esters is 1. The molecule has 3 rings (SSSR count). The number of nitrogens with one attached hydrogen (secondary N) is 1. The fraction of sp³-hybridized carbons (Fsp3) is 0.158. The average molecular weight is 412 g/mol. The highest BCUT2D eigenvalue weighted by atomic mass is 32.1. The van der Waals surface area contributed by atoms with Crippen molar-refractivity contribution in [3.05, 3.63) is 69.8 Å². The maximum absolute atomic E-state index is 12.2. The molecule has 0 aliphatic heterocycles. The number of benzene rings is 1. The molecule has 1 amide bonds. The molecule has 2 aromatic heterocycles. The minimum absolute atomic E-state index is 0.0323. The molecule has 148 valence electrons. The van der Waals surface area contributed by atoms with Crippen LogP contribution in [0.1, 0.15) is 12.6 Å². The maximum Gasteiger partial charge on any atom is 0.312 e. The van der Waals surface area contributed by atoms with E-state index in [1.165, 1.54) is 36.5 Å². The van der Waals surface area contributed by atoms with Gasteiger partial charge in [0, 0.05) is 17.6 Å². The summed E-state index contributed by atoms with van der Waals surface area (Å²) < 4.78 is 5.13. The molecular weight excluding hydrogens is 396 g/mol. The quantitative estimate of drug-likeness (QED) is 0.359. The van der Waals surface area contributed by atoms with E-state index in [2.05, 4.69) is 15.3 Å². The summed E-state index contributed by atoms with van der Waals surface area (Å²) in [5, 5.41) is 15.8. The van der Waals surface area contributed by atoms with Gasteiger partial charge in [-0.25, -0.2) is 4.98 Å².